The summed E-state index contributed by atoms with van der Waals surface area (Å²) in [6.45, 7) is 7.03. The highest BCUT2D eigenvalue weighted by atomic mass is 19.1. The molecule has 140 valence electrons. The first kappa shape index (κ1) is 17.5. The summed E-state index contributed by atoms with van der Waals surface area (Å²) >= 11 is 0. The molecule has 7 heteroatoms. The Morgan fingerprint density at radius 1 is 1.33 bits per heavy atom. The number of hydrogen-bond acceptors (Lipinski definition) is 5. The number of hydrogen-bond donors (Lipinski definition) is 1. The van der Waals surface area contributed by atoms with Crippen LogP contribution in [0.3, 0.4) is 0 Å². The Morgan fingerprint density at radius 3 is 2.78 bits per heavy atom. The number of nitrogens with one attached hydrogen (secondary N) is 1. The van der Waals surface area contributed by atoms with Gasteiger partial charge < -0.3 is 10.1 Å². The summed E-state index contributed by atoms with van der Waals surface area (Å²) in [5.41, 5.74) is 4.30. The molecule has 27 heavy (non-hydrogen) atoms. The largest absolute Gasteiger partial charge is 0.460 e. The molecule has 3 aromatic rings. The molecule has 0 saturated carbocycles. The standard InChI is InChI=1S/C20H21FN4O2/c1-4-27-19(26)17-23-18-13(9-12-5-7-14(21)8-6-12)10-15-16(25(18)24-17)20(2,3)11-22-15/h5-8,10,22H,4,9,11H2,1-3H3. The van der Waals surface area contributed by atoms with Crippen molar-refractivity contribution in [2.24, 2.45) is 0 Å². The van der Waals surface area contributed by atoms with E-state index >= 15 is 0 Å². The topological polar surface area (TPSA) is 68.5 Å². The fraction of sp³-hybridized carbons (Fsp3) is 0.350. The molecule has 0 aliphatic carbocycles. The zero-order chi connectivity index (χ0) is 19.2. The van der Waals surface area contributed by atoms with Gasteiger partial charge in [-0.15, -0.1) is 5.10 Å². The Labute approximate surface area is 156 Å². The lowest BCUT2D eigenvalue weighted by Gasteiger charge is -2.18. The molecule has 1 aromatic carbocycles. The molecule has 2 aromatic heterocycles. The van der Waals surface area contributed by atoms with Gasteiger partial charge >= 0.3 is 5.97 Å². The average Bonchev–Trinajstić information content (AvgIpc) is 3.18. The molecule has 0 radical (unpaired) electrons. The van der Waals surface area contributed by atoms with Crippen molar-refractivity contribution in [1.29, 1.82) is 0 Å². The molecule has 3 heterocycles. The van der Waals surface area contributed by atoms with E-state index in [9.17, 15) is 9.18 Å². The number of anilines is 1. The maximum absolute atomic E-state index is 13.2. The molecule has 1 aliphatic heterocycles. The molecule has 0 atom stereocenters. The third-order valence-electron chi connectivity index (χ3n) is 4.81. The van der Waals surface area contributed by atoms with E-state index in [2.05, 4.69) is 29.2 Å². The first-order chi connectivity index (χ1) is 12.9. The molecule has 0 unspecified atom stereocenters. The van der Waals surface area contributed by atoms with Gasteiger partial charge in [-0.3, -0.25) is 0 Å². The Balaban J connectivity index is 1.87. The quantitative estimate of drug-likeness (QED) is 0.716. The number of carbonyl (C=O) groups is 1. The van der Waals surface area contributed by atoms with E-state index in [0.29, 0.717) is 12.1 Å². The molecule has 1 aliphatic rings. The van der Waals surface area contributed by atoms with Gasteiger partial charge in [0, 0.05) is 23.9 Å². The summed E-state index contributed by atoms with van der Waals surface area (Å²) in [6, 6.07) is 8.43. The summed E-state index contributed by atoms with van der Waals surface area (Å²) in [7, 11) is 0. The van der Waals surface area contributed by atoms with Crippen LogP contribution < -0.4 is 5.32 Å². The molecule has 0 saturated heterocycles. The van der Waals surface area contributed by atoms with Crippen molar-refractivity contribution in [3.05, 3.63) is 58.8 Å². The first-order valence-corrected chi connectivity index (χ1v) is 8.97. The van der Waals surface area contributed by atoms with Crippen LogP contribution in [-0.2, 0) is 16.6 Å². The minimum atomic E-state index is -0.536. The predicted octanol–water partition coefficient (Wildman–Crippen LogP) is 3.34. The van der Waals surface area contributed by atoms with Gasteiger partial charge in [0.05, 0.1) is 18.0 Å². The van der Waals surface area contributed by atoms with Crippen LogP contribution in [0, 0.1) is 5.82 Å². The maximum Gasteiger partial charge on any atom is 0.378 e. The fourth-order valence-corrected chi connectivity index (χ4v) is 3.52. The van der Waals surface area contributed by atoms with Crippen LogP contribution in [0.25, 0.3) is 5.65 Å². The van der Waals surface area contributed by atoms with Gasteiger partial charge in [0.25, 0.3) is 5.82 Å². The number of rotatable bonds is 4. The first-order valence-electron chi connectivity index (χ1n) is 8.97. The van der Waals surface area contributed by atoms with E-state index < -0.39 is 5.97 Å². The van der Waals surface area contributed by atoms with E-state index in [1.165, 1.54) is 12.1 Å². The SMILES string of the molecule is CCOC(=O)c1nc2c(Cc3ccc(F)cc3)cc3c(n2n1)C(C)(C)CN3. The van der Waals surface area contributed by atoms with Gasteiger partial charge in [-0.05, 0) is 30.7 Å². The van der Waals surface area contributed by atoms with Gasteiger partial charge in [0.2, 0.25) is 0 Å². The Bertz CT molecular complexity index is 1020. The number of benzene rings is 1. The number of ether oxygens (including phenoxy) is 1. The number of nitrogens with zero attached hydrogens (tertiary/aromatic N) is 3. The number of fused-ring (bicyclic) bond motifs is 3. The van der Waals surface area contributed by atoms with Crippen LogP contribution in [0.5, 0.6) is 0 Å². The van der Waals surface area contributed by atoms with E-state index in [1.54, 1.807) is 23.6 Å². The van der Waals surface area contributed by atoms with Crippen molar-refractivity contribution < 1.29 is 13.9 Å². The zero-order valence-corrected chi connectivity index (χ0v) is 15.5. The fourth-order valence-electron chi connectivity index (χ4n) is 3.52. The van der Waals surface area contributed by atoms with Crippen molar-refractivity contribution >= 4 is 17.3 Å². The van der Waals surface area contributed by atoms with E-state index in [-0.39, 0.29) is 23.7 Å². The molecule has 1 N–H and O–H groups in total. The second-order valence-corrected chi connectivity index (χ2v) is 7.36. The Morgan fingerprint density at radius 2 is 2.07 bits per heavy atom. The van der Waals surface area contributed by atoms with E-state index in [1.807, 2.05) is 6.07 Å². The third kappa shape index (κ3) is 3.03. The minimum Gasteiger partial charge on any atom is -0.460 e. The van der Waals surface area contributed by atoms with Gasteiger partial charge in [-0.25, -0.2) is 18.7 Å². The van der Waals surface area contributed by atoms with Crippen molar-refractivity contribution in [3.8, 4) is 0 Å². The summed E-state index contributed by atoms with van der Waals surface area (Å²) in [4.78, 5) is 16.6. The van der Waals surface area contributed by atoms with Gasteiger partial charge in [0.15, 0.2) is 5.65 Å². The monoisotopic (exact) mass is 368 g/mol. The maximum atomic E-state index is 13.2. The van der Waals surface area contributed by atoms with Crippen LogP contribution in [0.2, 0.25) is 0 Å². The van der Waals surface area contributed by atoms with Crippen molar-refractivity contribution in [1.82, 2.24) is 14.6 Å². The van der Waals surface area contributed by atoms with Crippen molar-refractivity contribution in [2.75, 3.05) is 18.5 Å². The average molecular weight is 368 g/mol. The molecule has 0 spiro atoms. The second-order valence-electron chi connectivity index (χ2n) is 7.36. The van der Waals surface area contributed by atoms with Crippen LogP contribution in [0.15, 0.2) is 30.3 Å². The van der Waals surface area contributed by atoms with Crippen molar-refractivity contribution in [3.63, 3.8) is 0 Å². The highest BCUT2D eigenvalue weighted by molar-refractivity contribution is 5.86. The lowest BCUT2D eigenvalue weighted by Crippen LogP contribution is -2.22. The summed E-state index contributed by atoms with van der Waals surface area (Å²) in [5.74, 6) is -0.756. The lowest BCUT2D eigenvalue weighted by molar-refractivity contribution is 0.0512. The predicted molar refractivity (Wildman–Crippen MR) is 99.7 cm³/mol. The zero-order valence-electron chi connectivity index (χ0n) is 15.5. The molecule has 6 nitrogen and oxygen atoms in total. The molecule has 0 bridgehead atoms. The highest BCUT2D eigenvalue weighted by Crippen LogP contribution is 2.38. The van der Waals surface area contributed by atoms with Gasteiger partial charge in [0.1, 0.15) is 5.82 Å². The van der Waals surface area contributed by atoms with Crippen LogP contribution in [0.4, 0.5) is 10.1 Å². The highest BCUT2D eigenvalue weighted by Gasteiger charge is 2.35. The summed E-state index contributed by atoms with van der Waals surface area (Å²) in [5, 5.41) is 7.86. The summed E-state index contributed by atoms with van der Waals surface area (Å²) in [6.07, 6.45) is 0.556. The Kier molecular flexibility index (Phi) is 4.09. The smallest absolute Gasteiger partial charge is 0.378 e. The van der Waals surface area contributed by atoms with Crippen LogP contribution in [-0.4, -0.2) is 33.7 Å². The van der Waals surface area contributed by atoms with E-state index in [0.717, 1.165) is 29.1 Å². The second kappa shape index (κ2) is 6.33. The van der Waals surface area contributed by atoms with Gasteiger partial charge in [-0.2, -0.15) is 0 Å². The van der Waals surface area contributed by atoms with Crippen LogP contribution >= 0.6 is 0 Å². The minimum absolute atomic E-state index is 0.0494. The van der Waals surface area contributed by atoms with Crippen molar-refractivity contribution in [2.45, 2.75) is 32.6 Å². The van der Waals surface area contributed by atoms with Gasteiger partial charge in [-0.1, -0.05) is 26.0 Å². The number of carbonyl (C=O) groups excluding carboxylic acids is 1. The molecular weight excluding hydrogens is 347 g/mol. The lowest BCUT2D eigenvalue weighted by atomic mass is 9.90. The Hall–Kier alpha value is -2.96. The summed E-state index contributed by atoms with van der Waals surface area (Å²) < 4.78 is 20.0. The van der Waals surface area contributed by atoms with E-state index in [4.69, 9.17) is 4.74 Å². The number of halogens is 1. The molecule has 0 fully saturated rings. The number of pyridine rings is 1. The number of aromatic nitrogens is 3. The number of esters is 1. The third-order valence-corrected chi connectivity index (χ3v) is 4.81. The molecule has 0 amide bonds. The normalized spacial score (nSPS) is 14.8. The molecular formula is C20H21FN4O2. The molecule has 4 rings (SSSR count). The van der Waals surface area contributed by atoms with Crippen LogP contribution in [0.1, 0.15) is 48.2 Å².